The Morgan fingerprint density at radius 2 is 2.12 bits per heavy atom. The van der Waals surface area contributed by atoms with Crippen molar-refractivity contribution in [3.05, 3.63) is 28.8 Å². The molecule has 1 saturated carbocycles. The number of hydrogen-bond donors (Lipinski definition) is 2. The van der Waals surface area contributed by atoms with Crippen LogP contribution in [0.2, 0.25) is 0 Å². The maximum Gasteiger partial charge on any atom is 0.359 e. The van der Waals surface area contributed by atoms with Crippen molar-refractivity contribution < 1.29 is 14.3 Å². The average molecular weight is 331 g/mol. The van der Waals surface area contributed by atoms with Gasteiger partial charge in [0, 0.05) is 18.7 Å². The smallest absolute Gasteiger partial charge is 0.359 e. The first-order chi connectivity index (χ1) is 11.4. The summed E-state index contributed by atoms with van der Waals surface area (Å²) in [6.07, 6.45) is 1.29. The predicted octanol–water partition coefficient (Wildman–Crippen LogP) is 1.82. The lowest BCUT2D eigenvalue weighted by molar-refractivity contribution is -0.123. The summed E-state index contributed by atoms with van der Waals surface area (Å²) in [5, 5.41) is 13.8. The zero-order chi connectivity index (χ0) is 17.4. The van der Waals surface area contributed by atoms with E-state index in [2.05, 4.69) is 20.6 Å². The van der Waals surface area contributed by atoms with Crippen LogP contribution in [0.15, 0.2) is 6.07 Å². The molecule has 128 valence electrons. The molecule has 1 atom stereocenters. The van der Waals surface area contributed by atoms with Crippen molar-refractivity contribution in [1.82, 2.24) is 20.0 Å². The number of aromatic amines is 1. The summed E-state index contributed by atoms with van der Waals surface area (Å²) in [7, 11) is 1.80. The van der Waals surface area contributed by atoms with Crippen molar-refractivity contribution >= 4 is 17.6 Å². The van der Waals surface area contributed by atoms with E-state index in [-0.39, 0.29) is 5.69 Å². The van der Waals surface area contributed by atoms with E-state index in [0.29, 0.717) is 17.3 Å². The van der Waals surface area contributed by atoms with Crippen LogP contribution in [0, 0.1) is 13.8 Å². The van der Waals surface area contributed by atoms with E-state index in [1.165, 1.54) is 6.92 Å². The Labute approximate surface area is 139 Å². The molecule has 0 saturated heterocycles. The molecule has 2 aromatic rings. The molecule has 0 spiro atoms. The van der Waals surface area contributed by atoms with Gasteiger partial charge in [-0.25, -0.2) is 4.79 Å². The van der Waals surface area contributed by atoms with Crippen molar-refractivity contribution in [3.63, 3.8) is 0 Å². The normalized spacial score (nSPS) is 15.2. The Kier molecular flexibility index (Phi) is 4.13. The molecular formula is C16H21N5O3. The number of carbonyl (C=O) groups is 2. The van der Waals surface area contributed by atoms with Crippen LogP contribution in [0.25, 0.3) is 0 Å². The number of esters is 1. The molecule has 2 N–H and O–H groups in total. The van der Waals surface area contributed by atoms with Crippen molar-refractivity contribution in [2.75, 3.05) is 5.32 Å². The van der Waals surface area contributed by atoms with Gasteiger partial charge in [-0.15, -0.1) is 0 Å². The molecule has 8 heteroatoms. The van der Waals surface area contributed by atoms with Gasteiger partial charge >= 0.3 is 5.97 Å². The minimum atomic E-state index is -0.933. The zero-order valence-electron chi connectivity index (χ0n) is 14.2. The van der Waals surface area contributed by atoms with Crippen LogP contribution in [0.1, 0.15) is 53.3 Å². The molecule has 0 aliphatic heterocycles. The summed E-state index contributed by atoms with van der Waals surface area (Å²) in [4.78, 5) is 24.4. The standard InChI is InChI=1S/C16H21N5O3/c1-8-14(9(2)21(4)20-8)17-15(22)10(3)24-16(23)13-7-12(18-19-13)11-5-6-11/h7,10-11H,5-6H2,1-4H3,(H,17,22)(H,18,19). The minimum Gasteiger partial charge on any atom is -0.448 e. The van der Waals surface area contributed by atoms with Crippen LogP contribution in [-0.2, 0) is 16.6 Å². The second-order valence-electron chi connectivity index (χ2n) is 6.19. The van der Waals surface area contributed by atoms with Crippen molar-refractivity contribution in [3.8, 4) is 0 Å². The van der Waals surface area contributed by atoms with E-state index in [1.807, 2.05) is 13.8 Å². The van der Waals surface area contributed by atoms with Crippen LogP contribution in [0.3, 0.4) is 0 Å². The summed E-state index contributed by atoms with van der Waals surface area (Å²) in [5.41, 5.74) is 3.33. The quantitative estimate of drug-likeness (QED) is 0.814. The van der Waals surface area contributed by atoms with Crippen LogP contribution in [-0.4, -0.2) is 38.0 Å². The topological polar surface area (TPSA) is 102 Å². The number of anilines is 1. The molecular weight excluding hydrogens is 310 g/mol. The molecule has 1 aliphatic rings. The molecule has 1 aliphatic carbocycles. The van der Waals surface area contributed by atoms with E-state index < -0.39 is 18.0 Å². The Morgan fingerprint density at radius 3 is 2.71 bits per heavy atom. The van der Waals surface area contributed by atoms with Gasteiger partial charge in [-0.3, -0.25) is 14.6 Å². The average Bonchev–Trinajstić information content (AvgIpc) is 3.22. The van der Waals surface area contributed by atoms with Crippen LogP contribution < -0.4 is 5.32 Å². The number of ether oxygens (including phenoxy) is 1. The molecule has 2 heterocycles. The number of hydrogen-bond acceptors (Lipinski definition) is 5. The molecule has 0 aromatic carbocycles. The summed E-state index contributed by atoms with van der Waals surface area (Å²) < 4.78 is 6.90. The molecule has 1 amide bonds. The number of nitrogens with zero attached hydrogens (tertiary/aromatic N) is 3. The van der Waals surface area contributed by atoms with E-state index in [9.17, 15) is 9.59 Å². The molecule has 24 heavy (non-hydrogen) atoms. The second kappa shape index (κ2) is 6.10. The lowest BCUT2D eigenvalue weighted by atomic mass is 10.2. The Balaban J connectivity index is 1.61. The molecule has 2 aromatic heterocycles. The monoisotopic (exact) mass is 331 g/mol. The van der Waals surface area contributed by atoms with Gasteiger partial charge in [-0.1, -0.05) is 0 Å². The predicted molar refractivity (Wildman–Crippen MR) is 86.8 cm³/mol. The lowest BCUT2D eigenvalue weighted by Crippen LogP contribution is -2.30. The fourth-order valence-electron chi connectivity index (χ4n) is 2.50. The molecule has 1 unspecified atom stereocenters. The highest BCUT2D eigenvalue weighted by Gasteiger charge is 2.28. The third kappa shape index (κ3) is 3.17. The first-order valence-electron chi connectivity index (χ1n) is 7.94. The van der Waals surface area contributed by atoms with E-state index in [1.54, 1.807) is 17.8 Å². The van der Waals surface area contributed by atoms with Crippen LogP contribution >= 0.6 is 0 Å². The number of H-pyrrole nitrogens is 1. The highest BCUT2D eigenvalue weighted by atomic mass is 16.5. The molecule has 3 rings (SSSR count). The van der Waals surface area contributed by atoms with Crippen LogP contribution in [0.5, 0.6) is 0 Å². The van der Waals surface area contributed by atoms with Crippen molar-refractivity contribution in [2.45, 2.75) is 45.6 Å². The lowest BCUT2D eigenvalue weighted by Gasteiger charge is -2.13. The van der Waals surface area contributed by atoms with Gasteiger partial charge < -0.3 is 10.1 Å². The summed E-state index contributed by atoms with van der Waals surface area (Å²) in [6, 6.07) is 1.69. The zero-order valence-corrected chi connectivity index (χ0v) is 14.2. The Morgan fingerprint density at radius 1 is 1.42 bits per heavy atom. The van der Waals surface area contributed by atoms with E-state index >= 15 is 0 Å². The number of amides is 1. The Hall–Kier alpha value is -2.64. The molecule has 0 bridgehead atoms. The highest BCUT2D eigenvalue weighted by Crippen LogP contribution is 2.39. The first kappa shape index (κ1) is 16.2. The number of nitrogens with one attached hydrogen (secondary N) is 2. The van der Waals surface area contributed by atoms with Crippen molar-refractivity contribution in [2.24, 2.45) is 7.05 Å². The molecule has 0 radical (unpaired) electrons. The third-order valence-corrected chi connectivity index (χ3v) is 4.23. The number of aryl methyl sites for hydroxylation is 2. The van der Waals surface area contributed by atoms with E-state index in [0.717, 1.165) is 24.2 Å². The molecule has 1 fully saturated rings. The van der Waals surface area contributed by atoms with Gasteiger partial charge in [-0.05, 0) is 39.7 Å². The van der Waals surface area contributed by atoms with Crippen LogP contribution in [0.4, 0.5) is 5.69 Å². The summed E-state index contributed by atoms with van der Waals surface area (Å²) >= 11 is 0. The van der Waals surface area contributed by atoms with Gasteiger partial charge in [-0.2, -0.15) is 10.2 Å². The first-order valence-corrected chi connectivity index (χ1v) is 7.94. The van der Waals surface area contributed by atoms with Gasteiger partial charge in [0.15, 0.2) is 11.8 Å². The summed E-state index contributed by atoms with van der Waals surface area (Å²) in [6.45, 7) is 5.20. The fraction of sp³-hybridized carbons (Fsp3) is 0.500. The third-order valence-electron chi connectivity index (χ3n) is 4.23. The fourth-order valence-corrected chi connectivity index (χ4v) is 2.50. The SMILES string of the molecule is Cc1nn(C)c(C)c1NC(=O)C(C)OC(=O)c1cc(C2CC2)[nH]n1. The maximum atomic E-state index is 12.3. The van der Waals surface area contributed by atoms with Gasteiger partial charge in [0.1, 0.15) is 0 Å². The van der Waals surface area contributed by atoms with E-state index in [4.69, 9.17) is 4.74 Å². The van der Waals surface area contributed by atoms with Crippen molar-refractivity contribution in [1.29, 1.82) is 0 Å². The Bertz CT molecular complexity index is 788. The number of aromatic nitrogens is 4. The minimum absolute atomic E-state index is 0.199. The van der Waals surface area contributed by atoms with Gasteiger partial charge in [0.2, 0.25) is 0 Å². The molecule has 8 nitrogen and oxygen atoms in total. The van der Waals surface area contributed by atoms with Gasteiger partial charge in [0.05, 0.1) is 17.1 Å². The second-order valence-corrected chi connectivity index (χ2v) is 6.19. The van der Waals surface area contributed by atoms with Gasteiger partial charge in [0.25, 0.3) is 5.91 Å². The largest absolute Gasteiger partial charge is 0.448 e. The number of carbonyl (C=O) groups excluding carboxylic acids is 2. The number of rotatable bonds is 5. The highest BCUT2D eigenvalue weighted by molar-refractivity contribution is 5.97. The summed E-state index contributed by atoms with van der Waals surface area (Å²) in [5.74, 6) is -0.544. The maximum absolute atomic E-state index is 12.3.